The number of para-hydroxylation sites is 1. The summed E-state index contributed by atoms with van der Waals surface area (Å²) in [6.07, 6.45) is 0. The molecule has 6 heteroatoms. The summed E-state index contributed by atoms with van der Waals surface area (Å²) in [6.45, 7) is 6.26. The van der Waals surface area contributed by atoms with E-state index in [2.05, 4.69) is 5.32 Å². The van der Waals surface area contributed by atoms with Crippen LogP contribution in [0.2, 0.25) is 0 Å². The molecule has 0 bridgehead atoms. The van der Waals surface area contributed by atoms with Crippen LogP contribution in [-0.4, -0.2) is 51.3 Å². The SMILES string of the molecule is CC(=O)Oc1ccccc1C(=O)NCC[NH+]1CCOCC1. The number of amides is 1. The highest BCUT2D eigenvalue weighted by Crippen LogP contribution is 2.17. The summed E-state index contributed by atoms with van der Waals surface area (Å²) in [4.78, 5) is 24.6. The zero-order valence-corrected chi connectivity index (χ0v) is 12.2. The summed E-state index contributed by atoms with van der Waals surface area (Å²) in [7, 11) is 0. The summed E-state index contributed by atoms with van der Waals surface area (Å²) in [5.74, 6) is -0.367. The summed E-state index contributed by atoms with van der Waals surface area (Å²) in [5.41, 5.74) is 0.379. The Bertz CT molecular complexity index is 498. The van der Waals surface area contributed by atoms with Crippen LogP contribution in [-0.2, 0) is 9.53 Å². The van der Waals surface area contributed by atoms with Crippen LogP contribution in [0.25, 0.3) is 0 Å². The molecule has 0 aliphatic carbocycles. The maximum atomic E-state index is 12.2. The first-order chi connectivity index (χ1) is 10.2. The molecule has 0 radical (unpaired) electrons. The molecule has 114 valence electrons. The van der Waals surface area contributed by atoms with E-state index in [0.717, 1.165) is 32.8 Å². The Morgan fingerprint density at radius 1 is 1.29 bits per heavy atom. The summed E-state index contributed by atoms with van der Waals surface area (Å²) < 4.78 is 10.3. The molecule has 2 N–H and O–H groups in total. The van der Waals surface area contributed by atoms with Crippen LogP contribution in [0.15, 0.2) is 24.3 Å². The molecule has 0 aromatic heterocycles. The first kappa shape index (κ1) is 15.5. The minimum Gasteiger partial charge on any atom is -0.426 e. The molecule has 21 heavy (non-hydrogen) atoms. The molecule has 0 spiro atoms. The molecule has 1 aromatic rings. The van der Waals surface area contributed by atoms with Crippen LogP contribution in [0.4, 0.5) is 0 Å². The van der Waals surface area contributed by atoms with Crippen molar-refractivity contribution < 1.29 is 24.0 Å². The lowest BCUT2D eigenvalue weighted by molar-refractivity contribution is -0.906. The van der Waals surface area contributed by atoms with Gasteiger partial charge in [-0.05, 0) is 12.1 Å². The van der Waals surface area contributed by atoms with Crippen molar-refractivity contribution in [2.45, 2.75) is 6.92 Å². The Morgan fingerprint density at radius 2 is 2.00 bits per heavy atom. The minimum absolute atomic E-state index is 0.223. The third-order valence-electron chi connectivity index (χ3n) is 3.35. The molecule has 6 nitrogen and oxygen atoms in total. The van der Waals surface area contributed by atoms with E-state index in [1.807, 2.05) is 0 Å². The lowest BCUT2D eigenvalue weighted by Crippen LogP contribution is -3.14. The molecule has 0 saturated carbocycles. The molecule has 1 saturated heterocycles. The van der Waals surface area contributed by atoms with Crippen molar-refractivity contribution in [2.75, 3.05) is 39.4 Å². The van der Waals surface area contributed by atoms with Crippen molar-refractivity contribution in [1.82, 2.24) is 5.32 Å². The molecule has 1 aliphatic heterocycles. The van der Waals surface area contributed by atoms with Gasteiger partial charge in [-0.15, -0.1) is 0 Å². The van der Waals surface area contributed by atoms with Crippen molar-refractivity contribution in [3.05, 3.63) is 29.8 Å². The minimum atomic E-state index is -0.437. The maximum Gasteiger partial charge on any atom is 0.308 e. The number of ether oxygens (including phenoxy) is 2. The van der Waals surface area contributed by atoms with Gasteiger partial charge in [-0.25, -0.2) is 0 Å². The highest BCUT2D eigenvalue weighted by Gasteiger charge is 2.16. The molecular weight excluding hydrogens is 272 g/mol. The Hall–Kier alpha value is -1.92. The summed E-state index contributed by atoms with van der Waals surface area (Å²) in [5, 5.41) is 2.87. The van der Waals surface area contributed by atoms with Crippen LogP contribution in [0.3, 0.4) is 0 Å². The highest BCUT2D eigenvalue weighted by molar-refractivity contribution is 5.97. The number of carbonyl (C=O) groups excluding carboxylic acids is 2. The topological polar surface area (TPSA) is 69.1 Å². The number of benzene rings is 1. The second-order valence-electron chi connectivity index (χ2n) is 4.96. The first-order valence-electron chi connectivity index (χ1n) is 7.14. The Kier molecular flexibility index (Phi) is 5.71. The fraction of sp³-hybridized carbons (Fsp3) is 0.467. The number of hydrogen-bond donors (Lipinski definition) is 2. The van der Waals surface area contributed by atoms with E-state index in [4.69, 9.17) is 9.47 Å². The van der Waals surface area contributed by atoms with Gasteiger partial charge in [0.2, 0.25) is 0 Å². The monoisotopic (exact) mass is 293 g/mol. The van der Waals surface area contributed by atoms with Crippen LogP contribution >= 0.6 is 0 Å². The van der Waals surface area contributed by atoms with E-state index < -0.39 is 5.97 Å². The standard InChI is InChI=1S/C15H20N2O4/c1-12(18)21-14-5-3-2-4-13(14)15(19)16-6-7-17-8-10-20-11-9-17/h2-5H,6-11H2,1H3,(H,16,19)/p+1. The van der Waals surface area contributed by atoms with Gasteiger partial charge in [-0.2, -0.15) is 0 Å². The predicted molar refractivity (Wildman–Crippen MR) is 76.5 cm³/mol. The number of rotatable bonds is 5. The number of hydrogen-bond acceptors (Lipinski definition) is 4. The third-order valence-corrected chi connectivity index (χ3v) is 3.35. The van der Waals surface area contributed by atoms with E-state index in [1.165, 1.54) is 11.8 Å². The molecule has 1 amide bonds. The van der Waals surface area contributed by atoms with Crippen molar-refractivity contribution in [3.8, 4) is 5.75 Å². The molecule has 0 unspecified atom stereocenters. The second kappa shape index (κ2) is 7.75. The second-order valence-corrected chi connectivity index (χ2v) is 4.96. The summed E-state index contributed by atoms with van der Waals surface area (Å²) in [6, 6.07) is 6.74. The molecule has 0 atom stereocenters. The van der Waals surface area contributed by atoms with Gasteiger partial charge in [0.25, 0.3) is 5.91 Å². The van der Waals surface area contributed by atoms with E-state index in [1.54, 1.807) is 24.3 Å². The van der Waals surface area contributed by atoms with Crippen molar-refractivity contribution in [1.29, 1.82) is 0 Å². The molecule has 1 heterocycles. The van der Waals surface area contributed by atoms with Gasteiger partial charge in [0, 0.05) is 6.92 Å². The maximum absolute atomic E-state index is 12.2. The van der Waals surface area contributed by atoms with Crippen LogP contribution in [0, 0.1) is 0 Å². The van der Waals surface area contributed by atoms with Gasteiger partial charge in [0.15, 0.2) is 0 Å². The van der Waals surface area contributed by atoms with Gasteiger partial charge >= 0.3 is 5.97 Å². The Morgan fingerprint density at radius 3 is 2.71 bits per heavy atom. The van der Waals surface area contributed by atoms with Gasteiger partial charge in [0.1, 0.15) is 18.8 Å². The molecule has 1 fully saturated rings. The number of esters is 1. The molecule has 2 rings (SSSR count). The summed E-state index contributed by atoms with van der Waals surface area (Å²) >= 11 is 0. The average Bonchev–Trinajstić information content (AvgIpc) is 2.48. The largest absolute Gasteiger partial charge is 0.426 e. The molecular formula is C15H21N2O4+. The van der Waals surface area contributed by atoms with Crippen LogP contribution in [0.5, 0.6) is 5.75 Å². The lowest BCUT2D eigenvalue weighted by Gasteiger charge is -2.23. The lowest BCUT2D eigenvalue weighted by atomic mass is 10.2. The quantitative estimate of drug-likeness (QED) is 0.554. The zero-order chi connectivity index (χ0) is 15.1. The van der Waals surface area contributed by atoms with Gasteiger partial charge in [-0.1, -0.05) is 12.1 Å². The highest BCUT2D eigenvalue weighted by atomic mass is 16.5. The third kappa shape index (κ3) is 4.84. The fourth-order valence-electron chi connectivity index (χ4n) is 2.26. The number of nitrogens with one attached hydrogen (secondary N) is 2. The van der Waals surface area contributed by atoms with E-state index in [0.29, 0.717) is 17.9 Å². The fourth-order valence-corrected chi connectivity index (χ4v) is 2.26. The smallest absolute Gasteiger partial charge is 0.308 e. The van der Waals surface area contributed by atoms with Gasteiger partial charge in [0.05, 0.1) is 31.9 Å². The predicted octanol–water partition coefficient (Wildman–Crippen LogP) is -0.743. The zero-order valence-electron chi connectivity index (χ0n) is 12.2. The van der Waals surface area contributed by atoms with E-state index >= 15 is 0 Å². The van der Waals surface area contributed by atoms with E-state index in [-0.39, 0.29) is 5.91 Å². The van der Waals surface area contributed by atoms with Gasteiger partial charge < -0.3 is 19.7 Å². The Labute approximate surface area is 124 Å². The van der Waals surface area contributed by atoms with Crippen LogP contribution in [0.1, 0.15) is 17.3 Å². The number of carbonyl (C=O) groups is 2. The molecule has 1 aromatic carbocycles. The van der Waals surface area contributed by atoms with Crippen LogP contribution < -0.4 is 15.0 Å². The van der Waals surface area contributed by atoms with Crippen molar-refractivity contribution >= 4 is 11.9 Å². The molecule has 1 aliphatic rings. The van der Waals surface area contributed by atoms with Gasteiger partial charge in [-0.3, -0.25) is 9.59 Å². The van der Waals surface area contributed by atoms with Crippen molar-refractivity contribution in [3.63, 3.8) is 0 Å². The Balaban J connectivity index is 1.86. The average molecular weight is 293 g/mol. The number of morpholine rings is 1. The first-order valence-corrected chi connectivity index (χ1v) is 7.14. The van der Waals surface area contributed by atoms with Crippen molar-refractivity contribution in [2.24, 2.45) is 0 Å². The van der Waals surface area contributed by atoms with E-state index in [9.17, 15) is 9.59 Å². The number of quaternary nitrogens is 1. The normalized spacial score (nSPS) is 15.5.